The van der Waals surface area contributed by atoms with Crippen molar-refractivity contribution in [1.29, 1.82) is 0 Å². The third kappa shape index (κ3) is 5.63. The molecule has 0 aromatic heterocycles. The van der Waals surface area contributed by atoms with E-state index < -0.39 is 21.9 Å². The van der Waals surface area contributed by atoms with Crippen molar-refractivity contribution in [3.8, 4) is 11.5 Å². The smallest absolute Gasteiger partial charge is 0.338 e. The van der Waals surface area contributed by atoms with Crippen LogP contribution in [-0.4, -0.2) is 58.5 Å². The van der Waals surface area contributed by atoms with Gasteiger partial charge in [-0.15, -0.1) is 0 Å². The fourth-order valence-corrected chi connectivity index (χ4v) is 5.19. The first-order chi connectivity index (χ1) is 15.8. The Kier molecular flexibility index (Phi) is 7.93. The van der Waals surface area contributed by atoms with Gasteiger partial charge in [0, 0.05) is 24.8 Å². The fourth-order valence-electron chi connectivity index (χ4n) is 3.65. The average molecular weight is 477 g/mol. The maximum Gasteiger partial charge on any atom is 0.338 e. The Morgan fingerprint density at radius 3 is 2.39 bits per heavy atom. The molecule has 1 atom stereocenters. The molecule has 0 spiro atoms. The number of rotatable bonds is 8. The lowest BCUT2D eigenvalue weighted by Gasteiger charge is -2.31. The van der Waals surface area contributed by atoms with Gasteiger partial charge in [-0.3, -0.25) is 4.79 Å². The van der Waals surface area contributed by atoms with Gasteiger partial charge in [0.15, 0.2) is 11.5 Å². The first-order valence-electron chi connectivity index (χ1n) is 10.6. The molecule has 1 heterocycles. The van der Waals surface area contributed by atoms with Gasteiger partial charge in [-0.2, -0.15) is 4.31 Å². The number of nitrogens with one attached hydrogen (secondary N) is 1. The Hall–Kier alpha value is -3.11. The van der Waals surface area contributed by atoms with Crippen molar-refractivity contribution in [3.63, 3.8) is 0 Å². The summed E-state index contributed by atoms with van der Waals surface area (Å²) in [5, 5.41) is 2.81. The minimum Gasteiger partial charge on any atom is -0.493 e. The molecule has 2 aromatic carbocycles. The number of amides is 1. The van der Waals surface area contributed by atoms with E-state index in [1.165, 1.54) is 30.7 Å². The highest BCUT2D eigenvalue weighted by Gasteiger charge is 2.34. The molecule has 1 fully saturated rings. The van der Waals surface area contributed by atoms with Gasteiger partial charge >= 0.3 is 5.97 Å². The van der Waals surface area contributed by atoms with Gasteiger partial charge in [-0.05, 0) is 56.2 Å². The first kappa shape index (κ1) is 24.5. The second-order valence-corrected chi connectivity index (χ2v) is 9.44. The van der Waals surface area contributed by atoms with Crippen LogP contribution in [-0.2, 0) is 19.6 Å². The number of methoxy groups -OCH3 is 2. The lowest BCUT2D eigenvalue weighted by Crippen LogP contribution is -2.43. The predicted molar refractivity (Wildman–Crippen MR) is 122 cm³/mol. The van der Waals surface area contributed by atoms with Gasteiger partial charge in [0.1, 0.15) is 0 Å². The number of carbonyl (C=O) groups is 2. The minimum atomic E-state index is -3.81. The zero-order valence-corrected chi connectivity index (χ0v) is 19.7. The summed E-state index contributed by atoms with van der Waals surface area (Å²) in [5.41, 5.74) is 0.910. The highest BCUT2D eigenvalue weighted by Crippen LogP contribution is 2.32. The number of hydrogen-bond acceptors (Lipinski definition) is 7. The van der Waals surface area contributed by atoms with E-state index >= 15 is 0 Å². The van der Waals surface area contributed by atoms with Gasteiger partial charge in [0.25, 0.3) is 0 Å². The number of nitrogens with zero attached hydrogens (tertiary/aromatic N) is 1. The van der Waals surface area contributed by atoms with E-state index in [9.17, 15) is 18.0 Å². The standard InChI is InChI=1S/C23H28N2O7S/c1-4-32-23(27)16-7-9-18(10-8-16)24-22(26)17-6-5-13-25(15-17)33(28,29)19-11-12-20(30-2)21(14-19)31-3/h7-12,14,17H,4-6,13,15H2,1-3H3,(H,24,26)/t17-/m0/s1. The number of ether oxygens (including phenoxy) is 3. The Morgan fingerprint density at radius 2 is 1.76 bits per heavy atom. The molecule has 0 saturated carbocycles. The molecule has 1 aliphatic heterocycles. The van der Waals surface area contributed by atoms with Gasteiger partial charge in [-0.25, -0.2) is 13.2 Å². The van der Waals surface area contributed by atoms with E-state index in [0.717, 1.165) is 0 Å². The molecule has 2 aromatic rings. The van der Waals surface area contributed by atoms with Gasteiger partial charge < -0.3 is 19.5 Å². The lowest BCUT2D eigenvalue weighted by atomic mass is 9.98. The zero-order chi connectivity index (χ0) is 24.0. The van der Waals surface area contributed by atoms with Crippen LogP contribution in [0.4, 0.5) is 5.69 Å². The van der Waals surface area contributed by atoms with E-state index in [-0.39, 0.29) is 24.0 Å². The largest absolute Gasteiger partial charge is 0.493 e. The second kappa shape index (κ2) is 10.7. The Balaban J connectivity index is 1.69. The van der Waals surface area contributed by atoms with Crippen LogP contribution in [0.15, 0.2) is 47.4 Å². The van der Waals surface area contributed by atoms with Crippen LogP contribution in [0.3, 0.4) is 0 Å². The van der Waals surface area contributed by atoms with Crippen molar-refractivity contribution in [1.82, 2.24) is 4.31 Å². The molecule has 10 heteroatoms. The normalized spacial score (nSPS) is 16.6. The summed E-state index contributed by atoms with van der Waals surface area (Å²) in [6, 6.07) is 10.8. The molecule has 0 unspecified atom stereocenters. The van der Waals surface area contributed by atoms with Crippen molar-refractivity contribution in [2.75, 3.05) is 39.2 Å². The van der Waals surface area contributed by atoms with Crippen LogP contribution >= 0.6 is 0 Å². The Bertz CT molecular complexity index is 1100. The third-order valence-electron chi connectivity index (χ3n) is 5.41. The van der Waals surface area contributed by atoms with E-state index in [0.29, 0.717) is 42.1 Å². The molecule has 33 heavy (non-hydrogen) atoms. The molecular weight excluding hydrogens is 448 g/mol. The maximum absolute atomic E-state index is 13.2. The summed E-state index contributed by atoms with van der Waals surface area (Å²) >= 11 is 0. The summed E-state index contributed by atoms with van der Waals surface area (Å²) < 4.78 is 43.0. The van der Waals surface area contributed by atoms with Crippen molar-refractivity contribution >= 4 is 27.6 Å². The van der Waals surface area contributed by atoms with Gasteiger partial charge in [0.05, 0.1) is 37.2 Å². The van der Waals surface area contributed by atoms with Crippen LogP contribution in [0.25, 0.3) is 0 Å². The molecular formula is C23H28N2O7S. The second-order valence-electron chi connectivity index (χ2n) is 7.51. The monoisotopic (exact) mass is 476 g/mol. The summed E-state index contributed by atoms with van der Waals surface area (Å²) in [6.45, 7) is 2.41. The van der Waals surface area contributed by atoms with Crippen LogP contribution in [0.5, 0.6) is 11.5 Å². The van der Waals surface area contributed by atoms with Gasteiger partial charge in [0.2, 0.25) is 15.9 Å². The molecule has 9 nitrogen and oxygen atoms in total. The molecule has 0 radical (unpaired) electrons. The van der Waals surface area contributed by atoms with E-state index in [4.69, 9.17) is 14.2 Å². The summed E-state index contributed by atoms with van der Waals surface area (Å²) in [4.78, 5) is 24.7. The van der Waals surface area contributed by atoms with Crippen LogP contribution in [0, 0.1) is 5.92 Å². The average Bonchev–Trinajstić information content (AvgIpc) is 2.84. The van der Waals surface area contributed by atoms with E-state index in [1.54, 1.807) is 37.3 Å². The number of hydrogen-bond donors (Lipinski definition) is 1. The fraction of sp³-hybridized carbons (Fsp3) is 0.391. The lowest BCUT2D eigenvalue weighted by molar-refractivity contribution is -0.120. The Labute approximate surface area is 193 Å². The molecule has 1 saturated heterocycles. The highest BCUT2D eigenvalue weighted by molar-refractivity contribution is 7.89. The SMILES string of the molecule is CCOC(=O)c1ccc(NC(=O)[C@H]2CCCN(S(=O)(=O)c3ccc(OC)c(OC)c3)C2)cc1. The predicted octanol–water partition coefficient (Wildman–Crippen LogP) is 2.92. The van der Waals surface area contributed by atoms with Crippen LogP contribution in [0.2, 0.25) is 0 Å². The molecule has 0 bridgehead atoms. The van der Waals surface area contributed by atoms with Crippen molar-refractivity contribution < 1.29 is 32.2 Å². The zero-order valence-electron chi connectivity index (χ0n) is 18.9. The topological polar surface area (TPSA) is 111 Å². The number of anilines is 1. The quantitative estimate of drug-likeness (QED) is 0.583. The molecule has 3 rings (SSSR count). The van der Waals surface area contributed by atoms with Crippen LogP contribution in [0.1, 0.15) is 30.1 Å². The van der Waals surface area contributed by atoms with E-state index in [1.807, 2.05) is 0 Å². The Morgan fingerprint density at radius 1 is 1.06 bits per heavy atom. The molecule has 1 amide bonds. The van der Waals surface area contributed by atoms with Crippen LogP contribution < -0.4 is 14.8 Å². The first-order valence-corrected chi connectivity index (χ1v) is 12.0. The number of piperidine rings is 1. The highest BCUT2D eigenvalue weighted by atomic mass is 32.2. The van der Waals surface area contributed by atoms with Crippen molar-refractivity contribution in [2.24, 2.45) is 5.92 Å². The molecule has 1 N–H and O–H groups in total. The summed E-state index contributed by atoms with van der Waals surface area (Å²) in [6.07, 6.45) is 1.14. The van der Waals surface area contributed by atoms with E-state index in [2.05, 4.69) is 5.32 Å². The maximum atomic E-state index is 13.2. The summed E-state index contributed by atoms with van der Waals surface area (Å²) in [7, 11) is -0.897. The van der Waals surface area contributed by atoms with Gasteiger partial charge in [-0.1, -0.05) is 0 Å². The molecule has 178 valence electrons. The number of benzene rings is 2. The third-order valence-corrected chi connectivity index (χ3v) is 7.27. The molecule has 1 aliphatic rings. The number of esters is 1. The summed E-state index contributed by atoms with van der Waals surface area (Å²) in [5.74, 6) is -0.458. The molecule has 0 aliphatic carbocycles. The number of carbonyl (C=O) groups excluding carboxylic acids is 2. The number of sulfonamides is 1. The van der Waals surface area contributed by atoms with Crippen molar-refractivity contribution in [2.45, 2.75) is 24.7 Å². The minimum absolute atomic E-state index is 0.0728. The van der Waals surface area contributed by atoms with Crippen molar-refractivity contribution in [3.05, 3.63) is 48.0 Å².